The van der Waals surface area contributed by atoms with Crippen molar-refractivity contribution in [3.05, 3.63) is 87.5 Å². The minimum Gasteiger partial charge on any atom is -0.454 e. The number of hydrogen-bond acceptors (Lipinski definition) is 7. The van der Waals surface area contributed by atoms with E-state index in [0.29, 0.717) is 34.3 Å². The third-order valence-electron chi connectivity index (χ3n) is 6.05. The zero-order valence-corrected chi connectivity index (χ0v) is 20.6. The number of aryl methyl sites for hydroxylation is 1. The van der Waals surface area contributed by atoms with Crippen molar-refractivity contribution in [3.63, 3.8) is 0 Å². The van der Waals surface area contributed by atoms with Crippen molar-refractivity contribution >= 4 is 34.7 Å². The number of fused-ring (bicyclic) bond motifs is 1. The van der Waals surface area contributed by atoms with Crippen LogP contribution in [0.4, 0.5) is 11.4 Å². The predicted octanol–water partition coefficient (Wildman–Crippen LogP) is 4.25. The Morgan fingerprint density at radius 2 is 1.63 bits per heavy atom. The van der Waals surface area contributed by atoms with Crippen LogP contribution >= 0.6 is 11.6 Å². The lowest BCUT2D eigenvalue weighted by Crippen LogP contribution is -2.28. The summed E-state index contributed by atoms with van der Waals surface area (Å²) >= 11 is 6.26. The summed E-state index contributed by atoms with van der Waals surface area (Å²) in [5.74, 6) is -0.812. The number of nitrogens with zero attached hydrogens (tertiary/aromatic N) is 5. The van der Waals surface area contributed by atoms with Crippen LogP contribution < -0.4 is 9.80 Å². The summed E-state index contributed by atoms with van der Waals surface area (Å²) in [6.45, 7) is 3.30. The second kappa shape index (κ2) is 9.65. The van der Waals surface area contributed by atoms with Crippen LogP contribution in [0.15, 0.2) is 59.9 Å². The Bertz CT molecular complexity index is 1370. The molecule has 4 rings (SSSR count). The van der Waals surface area contributed by atoms with E-state index < -0.39 is 18.4 Å². The Morgan fingerprint density at radius 1 is 1.03 bits per heavy atom. The van der Waals surface area contributed by atoms with Crippen LogP contribution in [0.3, 0.4) is 0 Å². The Hall–Kier alpha value is -4.09. The van der Waals surface area contributed by atoms with E-state index in [4.69, 9.17) is 16.3 Å². The standard InChI is InChI=1S/C26H24ClN5O3/c1-16-24(17(2)32(29-16)14-18-9-5-6-10-20(18)27)26(34)35-15-23(33)19(13-28)25-30(3)21-11-7-8-12-22(21)31(25)4/h5-12H,14-15H2,1-4H3. The van der Waals surface area contributed by atoms with E-state index >= 15 is 0 Å². The van der Waals surface area contributed by atoms with Crippen LogP contribution in [0.25, 0.3) is 0 Å². The molecular weight excluding hydrogens is 466 g/mol. The monoisotopic (exact) mass is 489 g/mol. The number of benzene rings is 2. The van der Waals surface area contributed by atoms with Crippen molar-refractivity contribution in [2.75, 3.05) is 30.5 Å². The third kappa shape index (κ3) is 4.38. The van der Waals surface area contributed by atoms with Gasteiger partial charge >= 0.3 is 5.97 Å². The Balaban J connectivity index is 1.51. The lowest BCUT2D eigenvalue weighted by molar-refractivity contribution is -0.118. The molecule has 0 bridgehead atoms. The van der Waals surface area contributed by atoms with Crippen LogP contribution in [-0.4, -0.2) is 42.2 Å². The van der Waals surface area contributed by atoms with Gasteiger partial charge in [0.1, 0.15) is 23.0 Å². The third-order valence-corrected chi connectivity index (χ3v) is 6.42. The largest absolute Gasteiger partial charge is 0.454 e. The van der Waals surface area contributed by atoms with Crippen LogP contribution in [0, 0.1) is 25.2 Å². The van der Waals surface area contributed by atoms with Crippen molar-refractivity contribution in [2.45, 2.75) is 20.4 Å². The zero-order chi connectivity index (χ0) is 25.3. The molecule has 0 aliphatic carbocycles. The molecule has 0 unspecified atom stereocenters. The molecule has 2 aromatic carbocycles. The fourth-order valence-electron chi connectivity index (χ4n) is 4.27. The number of ether oxygens (including phenoxy) is 1. The minimum absolute atomic E-state index is 0.0816. The topological polar surface area (TPSA) is 91.5 Å². The lowest BCUT2D eigenvalue weighted by atomic mass is 10.1. The maximum atomic E-state index is 12.9. The molecule has 9 heteroatoms. The molecule has 8 nitrogen and oxygen atoms in total. The normalized spacial score (nSPS) is 12.4. The number of nitriles is 1. The van der Waals surface area contributed by atoms with Gasteiger partial charge < -0.3 is 14.5 Å². The summed E-state index contributed by atoms with van der Waals surface area (Å²) in [6, 6.07) is 17.0. The number of hydrogen-bond donors (Lipinski definition) is 0. The molecule has 1 aliphatic heterocycles. The summed E-state index contributed by atoms with van der Waals surface area (Å²) in [5, 5.41) is 14.8. The van der Waals surface area contributed by atoms with Gasteiger partial charge in [-0.15, -0.1) is 0 Å². The van der Waals surface area contributed by atoms with E-state index in [0.717, 1.165) is 16.9 Å². The average molecular weight is 490 g/mol. The Morgan fingerprint density at radius 3 is 2.23 bits per heavy atom. The number of halogens is 1. The van der Waals surface area contributed by atoms with Gasteiger partial charge in [-0.2, -0.15) is 10.4 Å². The lowest BCUT2D eigenvalue weighted by Gasteiger charge is -2.19. The van der Waals surface area contributed by atoms with Gasteiger partial charge in [-0.3, -0.25) is 9.48 Å². The highest BCUT2D eigenvalue weighted by molar-refractivity contribution is 6.31. The molecule has 0 fully saturated rings. The average Bonchev–Trinajstić information content (AvgIpc) is 3.27. The maximum Gasteiger partial charge on any atom is 0.342 e. The quantitative estimate of drug-likeness (QED) is 0.290. The van der Waals surface area contributed by atoms with Gasteiger partial charge in [-0.05, 0) is 37.6 Å². The number of rotatable bonds is 6. The number of aromatic nitrogens is 2. The van der Waals surface area contributed by atoms with Gasteiger partial charge in [0, 0.05) is 19.1 Å². The van der Waals surface area contributed by atoms with Crippen molar-refractivity contribution in [3.8, 4) is 6.07 Å². The van der Waals surface area contributed by atoms with Gasteiger partial charge in [0.2, 0.25) is 5.78 Å². The summed E-state index contributed by atoms with van der Waals surface area (Å²) in [6.07, 6.45) is 0. The highest BCUT2D eigenvalue weighted by atomic mass is 35.5. The van der Waals surface area contributed by atoms with Gasteiger partial charge in [0.25, 0.3) is 0 Å². The van der Waals surface area contributed by atoms with E-state index in [2.05, 4.69) is 5.10 Å². The summed E-state index contributed by atoms with van der Waals surface area (Å²) in [7, 11) is 3.57. The Kier molecular flexibility index (Phi) is 6.63. The number of para-hydroxylation sites is 2. The van der Waals surface area contributed by atoms with Crippen LogP contribution in [-0.2, 0) is 16.1 Å². The van der Waals surface area contributed by atoms with E-state index in [1.807, 2.05) is 48.5 Å². The number of anilines is 2. The SMILES string of the molecule is Cc1nn(Cc2ccccc2Cl)c(C)c1C(=O)OCC(=O)C(C#N)=C1N(C)c2ccccc2N1C. The number of carbonyl (C=O) groups is 2. The highest BCUT2D eigenvalue weighted by Gasteiger charge is 2.32. The summed E-state index contributed by atoms with van der Waals surface area (Å²) in [5.41, 5.74) is 3.91. The molecule has 2 heterocycles. The smallest absolute Gasteiger partial charge is 0.342 e. The molecule has 1 aliphatic rings. The van der Waals surface area contributed by atoms with E-state index in [9.17, 15) is 14.9 Å². The molecule has 0 radical (unpaired) electrons. The molecule has 3 aromatic rings. The Labute approximate surface area is 208 Å². The van der Waals surface area contributed by atoms with Crippen molar-refractivity contribution < 1.29 is 14.3 Å². The first-order valence-corrected chi connectivity index (χ1v) is 11.3. The summed E-state index contributed by atoms with van der Waals surface area (Å²) in [4.78, 5) is 29.4. The fourth-order valence-corrected chi connectivity index (χ4v) is 4.46. The molecule has 0 spiro atoms. The maximum absolute atomic E-state index is 12.9. The number of esters is 1. The first kappa shape index (κ1) is 24.0. The van der Waals surface area contributed by atoms with Gasteiger partial charge in [0.05, 0.1) is 29.3 Å². The number of ketones is 1. The predicted molar refractivity (Wildman–Crippen MR) is 133 cm³/mol. The molecule has 0 saturated carbocycles. The van der Waals surface area contributed by atoms with Crippen molar-refractivity contribution in [1.29, 1.82) is 5.26 Å². The molecule has 178 valence electrons. The van der Waals surface area contributed by atoms with Crippen molar-refractivity contribution in [1.82, 2.24) is 9.78 Å². The van der Waals surface area contributed by atoms with Crippen LogP contribution in [0.2, 0.25) is 5.02 Å². The van der Waals surface area contributed by atoms with Crippen LogP contribution in [0.5, 0.6) is 0 Å². The summed E-state index contributed by atoms with van der Waals surface area (Å²) < 4.78 is 7.02. The molecule has 0 amide bonds. The number of Topliss-reactive ketones (excluding diaryl/α,β-unsaturated/α-hetero) is 1. The van der Waals surface area contributed by atoms with Crippen molar-refractivity contribution in [2.24, 2.45) is 0 Å². The molecule has 0 saturated heterocycles. The van der Waals surface area contributed by atoms with Crippen LogP contribution in [0.1, 0.15) is 27.3 Å². The molecule has 1 aromatic heterocycles. The van der Waals surface area contributed by atoms with E-state index in [1.165, 1.54) is 0 Å². The molecule has 0 atom stereocenters. The molecular formula is C26H24ClN5O3. The zero-order valence-electron chi connectivity index (χ0n) is 19.9. The van der Waals surface area contributed by atoms with Gasteiger partial charge in [-0.25, -0.2) is 4.79 Å². The fraction of sp³-hybridized carbons (Fsp3) is 0.231. The molecule has 35 heavy (non-hydrogen) atoms. The first-order valence-electron chi connectivity index (χ1n) is 10.9. The minimum atomic E-state index is -0.669. The number of carbonyl (C=O) groups excluding carboxylic acids is 2. The highest BCUT2D eigenvalue weighted by Crippen LogP contribution is 2.40. The van der Waals surface area contributed by atoms with Gasteiger partial charge in [-0.1, -0.05) is 41.9 Å². The van der Waals surface area contributed by atoms with E-state index in [1.54, 1.807) is 48.5 Å². The first-order chi connectivity index (χ1) is 16.7. The second-order valence-corrected chi connectivity index (χ2v) is 8.62. The second-order valence-electron chi connectivity index (χ2n) is 8.21. The van der Waals surface area contributed by atoms with Gasteiger partial charge in [0.15, 0.2) is 6.61 Å². The molecule has 0 N–H and O–H groups in total. The van der Waals surface area contributed by atoms with E-state index in [-0.39, 0.29) is 5.57 Å².